The largest absolute Gasteiger partial charge is 0.384 e. The zero-order valence-corrected chi connectivity index (χ0v) is 26.2. The van der Waals surface area contributed by atoms with Crippen LogP contribution in [0.3, 0.4) is 0 Å². The molecule has 2 N–H and O–H groups in total. The highest BCUT2D eigenvalue weighted by molar-refractivity contribution is 5.81. The minimum atomic E-state index is -1.12. The monoisotopic (exact) mass is 598 g/mol. The summed E-state index contributed by atoms with van der Waals surface area (Å²) in [5.41, 5.74) is 3.82. The maximum absolute atomic E-state index is 15.8. The van der Waals surface area contributed by atoms with Crippen LogP contribution >= 0.6 is 0 Å². The molecule has 44 heavy (non-hydrogen) atoms. The van der Waals surface area contributed by atoms with E-state index in [0.717, 1.165) is 31.6 Å². The second-order valence-corrected chi connectivity index (χ2v) is 13.4. The third-order valence-corrected chi connectivity index (χ3v) is 9.55. The van der Waals surface area contributed by atoms with E-state index in [4.69, 9.17) is 9.97 Å². The number of piperazine rings is 1. The average Bonchev–Trinajstić information content (AvgIpc) is 3.81. The Morgan fingerprint density at radius 2 is 1.70 bits per heavy atom. The first-order valence-corrected chi connectivity index (χ1v) is 16.0. The normalized spacial score (nSPS) is 19.2. The van der Waals surface area contributed by atoms with Crippen molar-refractivity contribution >= 4 is 28.4 Å². The lowest BCUT2D eigenvalue weighted by Gasteiger charge is -2.43. The van der Waals surface area contributed by atoms with Crippen LogP contribution in [0.5, 0.6) is 0 Å². The fourth-order valence-electron chi connectivity index (χ4n) is 6.82. The van der Waals surface area contributed by atoms with Crippen LogP contribution in [0.25, 0.3) is 16.9 Å². The van der Waals surface area contributed by atoms with Gasteiger partial charge in [0.15, 0.2) is 11.5 Å². The standard InChI is InChI=1S/C34H43FN8O/c1-22-20-24(10-11-27(22)42-14-12-25(13-15-42)41-18-16-40(4)17-19-41)37-33-36-21-26-30(35)31(23-8-9-23)43(32(26)39-33)29-7-5-6-28(38-29)34(2,3)44/h5-7,10-11,20-21,23,25,44H,8-9,12-19H2,1-4H3,(H,36,37,39). The SMILES string of the molecule is Cc1cc(Nc2ncc3c(F)c(C4CC4)n(-c4cccc(C(C)(C)O)n4)c3n2)ccc1N1CCC(N2CCN(C)CC2)CC1. The van der Waals surface area contributed by atoms with Gasteiger partial charge < -0.3 is 20.2 Å². The van der Waals surface area contributed by atoms with Gasteiger partial charge in [0, 0.05) is 68.8 Å². The van der Waals surface area contributed by atoms with E-state index in [2.05, 4.69) is 57.2 Å². The Morgan fingerprint density at radius 1 is 0.955 bits per heavy atom. The molecule has 1 saturated carbocycles. The summed E-state index contributed by atoms with van der Waals surface area (Å²) < 4.78 is 17.6. The lowest BCUT2D eigenvalue weighted by Crippen LogP contribution is -2.52. The highest BCUT2D eigenvalue weighted by Crippen LogP contribution is 2.45. The van der Waals surface area contributed by atoms with Gasteiger partial charge in [0.25, 0.3) is 0 Å². The van der Waals surface area contributed by atoms with Crippen LogP contribution in [-0.4, -0.2) is 86.8 Å². The Kier molecular flexibility index (Phi) is 7.54. The summed E-state index contributed by atoms with van der Waals surface area (Å²) in [6.07, 6.45) is 5.81. The van der Waals surface area contributed by atoms with Gasteiger partial charge in [0.1, 0.15) is 11.4 Å². The van der Waals surface area contributed by atoms with Crippen molar-refractivity contribution in [1.29, 1.82) is 0 Å². The molecule has 3 aromatic heterocycles. The van der Waals surface area contributed by atoms with Crippen molar-refractivity contribution in [3.8, 4) is 5.82 Å². The number of likely N-dealkylation sites (N-methyl/N-ethyl adjacent to an activating group) is 1. The van der Waals surface area contributed by atoms with E-state index in [9.17, 15) is 5.11 Å². The molecule has 10 heteroatoms. The number of pyridine rings is 1. The topological polar surface area (TPSA) is 85.6 Å². The first-order chi connectivity index (χ1) is 21.2. The minimum Gasteiger partial charge on any atom is -0.384 e. The van der Waals surface area contributed by atoms with Gasteiger partial charge in [0.05, 0.1) is 16.8 Å². The summed E-state index contributed by atoms with van der Waals surface area (Å²) in [6.45, 7) is 12.4. The lowest BCUT2D eigenvalue weighted by atomic mass is 10.0. The quantitative estimate of drug-likeness (QED) is 0.296. The predicted molar refractivity (Wildman–Crippen MR) is 173 cm³/mol. The Hall–Kier alpha value is -3.60. The van der Waals surface area contributed by atoms with Crippen LogP contribution in [0.1, 0.15) is 62.4 Å². The Morgan fingerprint density at radius 3 is 2.39 bits per heavy atom. The molecule has 3 aliphatic rings. The van der Waals surface area contributed by atoms with Gasteiger partial charge in [-0.1, -0.05) is 6.07 Å². The van der Waals surface area contributed by atoms with Crippen molar-refractivity contribution in [2.75, 3.05) is 56.5 Å². The van der Waals surface area contributed by atoms with Gasteiger partial charge >= 0.3 is 0 Å². The van der Waals surface area contributed by atoms with Crippen LogP contribution in [0.15, 0.2) is 42.6 Å². The molecular formula is C34H43FN8O. The summed E-state index contributed by atoms with van der Waals surface area (Å²) in [4.78, 5) is 21.6. The number of anilines is 3. The number of fused-ring (bicyclic) bond motifs is 1. The zero-order valence-electron chi connectivity index (χ0n) is 26.2. The second kappa shape index (κ2) is 11.4. The first kappa shape index (κ1) is 29.1. The third kappa shape index (κ3) is 5.66. The molecule has 2 saturated heterocycles. The first-order valence-electron chi connectivity index (χ1n) is 16.0. The van der Waals surface area contributed by atoms with Gasteiger partial charge in [0.2, 0.25) is 5.95 Å². The number of rotatable bonds is 7. The Bertz CT molecular complexity index is 1660. The number of hydrogen-bond acceptors (Lipinski definition) is 8. The zero-order chi connectivity index (χ0) is 30.6. The number of aryl methyl sites for hydroxylation is 1. The van der Waals surface area contributed by atoms with Gasteiger partial charge in [-0.3, -0.25) is 9.47 Å². The summed E-state index contributed by atoms with van der Waals surface area (Å²) in [5, 5.41) is 14.3. The molecule has 9 nitrogen and oxygen atoms in total. The number of nitrogens with zero attached hydrogens (tertiary/aromatic N) is 7. The number of hydrogen-bond donors (Lipinski definition) is 2. The van der Waals surface area contributed by atoms with Crippen molar-refractivity contribution in [1.82, 2.24) is 29.3 Å². The summed E-state index contributed by atoms with van der Waals surface area (Å²) in [7, 11) is 2.21. The van der Waals surface area contributed by atoms with Crippen molar-refractivity contribution in [2.24, 2.45) is 0 Å². The lowest BCUT2D eigenvalue weighted by molar-refractivity contribution is 0.0738. The average molecular weight is 599 g/mol. The van der Waals surface area contributed by atoms with Gasteiger partial charge in [-0.2, -0.15) is 4.98 Å². The molecule has 232 valence electrons. The number of piperidine rings is 1. The highest BCUT2D eigenvalue weighted by atomic mass is 19.1. The van der Waals surface area contributed by atoms with Gasteiger partial charge in [-0.25, -0.2) is 14.4 Å². The molecule has 3 fully saturated rings. The predicted octanol–water partition coefficient (Wildman–Crippen LogP) is 5.33. The van der Waals surface area contributed by atoms with E-state index in [1.165, 1.54) is 50.3 Å². The number of benzene rings is 1. The molecule has 5 heterocycles. The van der Waals surface area contributed by atoms with E-state index in [-0.39, 0.29) is 11.7 Å². The maximum atomic E-state index is 15.8. The van der Waals surface area contributed by atoms with Crippen molar-refractivity contribution in [3.63, 3.8) is 0 Å². The molecule has 0 radical (unpaired) electrons. The molecule has 0 amide bonds. The summed E-state index contributed by atoms with van der Waals surface area (Å²) >= 11 is 0. The van der Waals surface area contributed by atoms with E-state index < -0.39 is 5.60 Å². The van der Waals surface area contributed by atoms with E-state index in [1.807, 2.05) is 16.7 Å². The molecule has 0 atom stereocenters. The van der Waals surface area contributed by atoms with Crippen LogP contribution in [0.4, 0.5) is 21.7 Å². The van der Waals surface area contributed by atoms with Gasteiger partial charge in [-0.15, -0.1) is 0 Å². The number of nitrogens with one attached hydrogen (secondary N) is 1. The molecule has 4 aromatic rings. The molecule has 7 rings (SSSR count). The molecule has 2 aliphatic heterocycles. The van der Waals surface area contributed by atoms with E-state index in [0.29, 0.717) is 40.2 Å². The summed E-state index contributed by atoms with van der Waals surface area (Å²) in [6, 6.07) is 12.6. The van der Waals surface area contributed by atoms with E-state index in [1.54, 1.807) is 26.1 Å². The van der Waals surface area contributed by atoms with Crippen molar-refractivity contribution in [2.45, 2.75) is 64.0 Å². The highest BCUT2D eigenvalue weighted by Gasteiger charge is 2.34. The van der Waals surface area contributed by atoms with Gasteiger partial charge in [-0.05, 0) is 89.4 Å². The minimum absolute atomic E-state index is 0.120. The Balaban J connectivity index is 1.12. The smallest absolute Gasteiger partial charge is 0.229 e. The molecule has 0 bridgehead atoms. The molecule has 0 spiro atoms. The van der Waals surface area contributed by atoms with Crippen LogP contribution in [0, 0.1) is 12.7 Å². The van der Waals surface area contributed by atoms with Crippen molar-refractivity contribution < 1.29 is 9.50 Å². The number of aliphatic hydroxyl groups is 1. The van der Waals surface area contributed by atoms with Crippen LogP contribution < -0.4 is 10.2 Å². The summed E-state index contributed by atoms with van der Waals surface area (Å²) in [5.74, 6) is 0.773. The molecular weight excluding hydrogens is 555 g/mol. The second-order valence-electron chi connectivity index (χ2n) is 13.4. The maximum Gasteiger partial charge on any atom is 0.229 e. The molecule has 0 unspecified atom stereocenters. The molecule has 1 aromatic carbocycles. The third-order valence-electron chi connectivity index (χ3n) is 9.55. The fraction of sp³-hybridized carbons (Fsp3) is 0.500. The molecule has 1 aliphatic carbocycles. The van der Waals surface area contributed by atoms with E-state index >= 15 is 4.39 Å². The van der Waals surface area contributed by atoms with Crippen LogP contribution in [0.2, 0.25) is 0 Å². The number of aromatic nitrogens is 4. The number of halogens is 1. The fourth-order valence-corrected chi connectivity index (χ4v) is 6.82. The van der Waals surface area contributed by atoms with Crippen molar-refractivity contribution in [3.05, 3.63) is 65.4 Å². The Labute approximate surface area is 258 Å². The van der Waals surface area contributed by atoms with Crippen LogP contribution in [-0.2, 0) is 5.60 Å².